The molecule has 0 aliphatic carbocycles. The Balaban J connectivity index is 1.67. The van der Waals surface area contributed by atoms with Gasteiger partial charge in [0.2, 0.25) is 0 Å². The predicted octanol–water partition coefficient (Wildman–Crippen LogP) is 2.37. The van der Waals surface area contributed by atoms with E-state index in [0.717, 1.165) is 29.2 Å². The maximum absolute atomic E-state index is 12.0. The molecule has 1 heterocycles. The topological polar surface area (TPSA) is 89.0 Å². The van der Waals surface area contributed by atoms with Gasteiger partial charge in [-0.05, 0) is 43.5 Å². The van der Waals surface area contributed by atoms with Crippen LogP contribution in [0.1, 0.15) is 32.3 Å². The molecule has 0 aromatic heterocycles. The van der Waals surface area contributed by atoms with Crippen molar-refractivity contribution in [2.75, 3.05) is 13.2 Å². The molecule has 0 bridgehead atoms. The molecular formula is C21H25N3O4. The van der Waals surface area contributed by atoms with Crippen LogP contribution in [0.25, 0.3) is 10.8 Å². The van der Waals surface area contributed by atoms with Crippen molar-refractivity contribution in [3.63, 3.8) is 0 Å². The lowest BCUT2D eigenvalue weighted by Gasteiger charge is -2.14. The fourth-order valence-corrected chi connectivity index (χ4v) is 3.06. The van der Waals surface area contributed by atoms with Crippen molar-refractivity contribution in [2.24, 2.45) is 5.10 Å². The largest absolute Gasteiger partial charge is 0.490 e. The van der Waals surface area contributed by atoms with Crippen molar-refractivity contribution in [1.29, 1.82) is 0 Å². The number of fused-ring (bicyclic) bond motifs is 1. The Kier molecular flexibility index (Phi) is 6.60. The molecule has 7 heteroatoms. The van der Waals surface area contributed by atoms with Gasteiger partial charge < -0.3 is 14.8 Å². The molecule has 1 saturated heterocycles. The highest BCUT2D eigenvalue weighted by atomic mass is 16.5. The highest BCUT2D eigenvalue weighted by molar-refractivity contribution is 6.35. The molecule has 2 N–H and O–H groups in total. The highest BCUT2D eigenvalue weighted by Crippen LogP contribution is 2.27. The van der Waals surface area contributed by atoms with Crippen LogP contribution in [0.4, 0.5) is 0 Å². The van der Waals surface area contributed by atoms with Gasteiger partial charge in [0, 0.05) is 18.7 Å². The lowest BCUT2D eigenvalue weighted by Crippen LogP contribution is -2.41. The molecular weight excluding hydrogens is 358 g/mol. The molecule has 2 aromatic rings. The van der Waals surface area contributed by atoms with E-state index in [-0.39, 0.29) is 12.2 Å². The fourth-order valence-electron chi connectivity index (χ4n) is 3.06. The number of hydrogen-bond donors (Lipinski definition) is 2. The first kappa shape index (κ1) is 19.8. The second kappa shape index (κ2) is 9.32. The Morgan fingerprint density at radius 1 is 1.25 bits per heavy atom. The van der Waals surface area contributed by atoms with Gasteiger partial charge in [0.1, 0.15) is 5.75 Å². The van der Waals surface area contributed by atoms with Gasteiger partial charge in [0.05, 0.1) is 18.4 Å². The summed E-state index contributed by atoms with van der Waals surface area (Å²) in [5.74, 6) is -0.889. The third-order valence-electron chi connectivity index (χ3n) is 4.37. The summed E-state index contributed by atoms with van der Waals surface area (Å²) in [6.07, 6.45) is 3.34. The zero-order valence-corrected chi connectivity index (χ0v) is 16.1. The summed E-state index contributed by atoms with van der Waals surface area (Å²) in [6, 6.07) is 11.7. The number of nitrogens with one attached hydrogen (secondary N) is 2. The SMILES string of the molecule is CC(C)Oc1ccc2ccccc2c1/C=N\NC(=O)C(=O)NC[C@@H]1CCCO1. The Bertz CT molecular complexity index is 873. The van der Waals surface area contributed by atoms with Crippen molar-refractivity contribution in [3.05, 3.63) is 42.0 Å². The van der Waals surface area contributed by atoms with E-state index < -0.39 is 11.8 Å². The Morgan fingerprint density at radius 2 is 2.07 bits per heavy atom. The number of amides is 2. The number of ether oxygens (including phenoxy) is 2. The number of nitrogens with zero attached hydrogens (tertiary/aromatic N) is 1. The molecule has 0 unspecified atom stereocenters. The maximum atomic E-state index is 12.0. The predicted molar refractivity (Wildman–Crippen MR) is 107 cm³/mol. The second-order valence-corrected chi connectivity index (χ2v) is 6.91. The van der Waals surface area contributed by atoms with Crippen LogP contribution in [0.5, 0.6) is 5.75 Å². The molecule has 0 saturated carbocycles. The van der Waals surface area contributed by atoms with E-state index in [0.29, 0.717) is 18.9 Å². The van der Waals surface area contributed by atoms with Gasteiger partial charge in [-0.15, -0.1) is 0 Å². The zero-order chi connectivity index (χ0) is 19.9. The Labute approximate surface area is 164 Å². The number of hydrazone groups is 1. The van der Waals surface area contributed by atoms with Crippen LogP contribution in [-0.2, 0) is 14.3 Å². The number of carbonyl (C=O) groups is 2. The minimum atomic E-state index is -0.819. The molecule has 2 amide bonds. The number of hydrogen-bond acceptors (Lipinski definition) is 5. The van der Waals surface area contributed by atoms with Gasteiger partial charge in [-0.2, -0.15) is 5.10 Å². The van der Waals surface area contributed by atoms with Gasteiger partial charge in [-0.3, -0.25) is 9.59 Å². The van der Waals surface area contributed by atoms with Crippen molar-refractivity contribution in [1.82, 2.24) is 10.7 Å². The van der Waals surface area contributed by atoms with E-state index in [1.54, 1.807) is 0 Å². The Hall–Kier alpha value is -2.93. The molecule has 148 valence electrons. The standard InChI is InChI=1S/C21H25N3O4/c1-14(2)28-19-10-9-15-6-3-4-8-17(15)18(19)13-23-24-21(26)20(25)22-12-16-7-5-11-27-16/h3-4,6,8-10,13-14,16H,5,7,11-12H2,1-2H3,(H,22,25)(H,24,26)/b23-13-/t16-/m0/s1. The zero-order valence-electron chi connectivity index (χ0n) is 16.1. The molecule has 7 nitrogen and oxygen atoms in total. The van der Waals surface area contributed by atoms with Crippen molar-refractivity contribution >= 4 is 28.8 Å². The summed E-state index contributed by atoms with van der Waals surface area (Å²) in [4.78, 5) is 23.8. The van der Waals surface area contributed by atoms with Gasteiger partial charge in [0.25, 0.3) is 0 Å². The number of rotatable bonds is 6. The lowest BCUT2D eigenvalue weighted by molar-refractivity contribution is -0.139. The first-order chi connectivity index (χ1) is 13.5. The monoisotopic (exact) mass is 383 g/mol. The van der Waals surface area contributed by atoms with Crippen LogP contribution in [-0.4, -0.2) is 43.4 Å². The van der Waals surface area contributed by atoms with Crippen LogP contribution in [0, 0.1) is 0 Å². The normalized spacial score (nSPS) is 16.6. The van der Waals surface area contributed by atoms with Crippen LogP contribution in [0.2, 0.25) is 0 Å². The smallest absolute Gasteiger partial charge is 0.329 e. The lowest BCUT2D eigenvalue weighted by atomic mass is 10.0. The van der Waals surface area contributed by atoms with Crippen LogP contribution < -0.4 is 15.5 Å². The molecule has 1 aliphatic rings. The van der Waals surface area contributed by atoms with E-state index in [1.807, 2.05) is 50.2 Å². The summed E-state index contributed by atoms with van der Waals surface area (Å²) in [7, 11) is 0. The van der Waals surface area contributed by atoms with E-state index in [1.165, 1.54) is 6.21 Å². The minimum absolute atomic E-state index is 0.00788. The molecule has 1 fully saturated rings. The fraction of sp³-hybridized carbons (Fsp3) is 0.381. The van der Waals surface area contributed by atoms with Crippen LogP contribution in [0.15, 0.2) is 41.5 Å². The molecule has 1 atom stereocenters. The number of carbonyl (C=O) groups excluding carboxylic acids is 2. The molecule has 1 aliphatic heterocycles. The molecule has 0 radical (unpaired) electrons. The summed E-state index contributed by atoms with van der Waals surface area (Å²) in [6.45, 7) is 4.90. The summed E-state index contributed by atoms with van der Waals surface area (Å²) < 4.78 is 11.3. The van der Waals surface area contributed by atoms with Crippen LogP contribution in [0.3, 0.4) is 0 Å². The molecule has 2 aromatic carbocycles. The van der Waals surface area contributed by atoms with Crippen molar-refractivity contribution in [3.8, 4) is 5.75 Å². The quantitative estimate of drug-likeness (QED) is 0.455. The van der Waals surface area contributed by atoms with Crippen molar-refractivity contribution < 1.29 is 19.1 Å². The first-order valence-corrected chi connectivity index (χ1v) is 9.46. The van der Waals surface area contributed by atoms with E-state index in [9.17, 15) is 9.59 Å². The number of benzene rings is 2. The van der Waals surface area contributed by atoms with E-state index in [4.69, 9.17) is 9.47 Å². The van der Waals surface area contributed by atoms with E-state index in [2.05, 4.69) is 15.8 Å². The maximum Gasteiger partial charge on any atom is 0.329 e. The summed E-state index contributed by atoms with van der Waals surface area (Å²) >= 11 is 0. The molecule has 28 heavy (non-hydrogen) atoms. The van der Waals surface area contributed by atoms with Gasteiger partial charge >= 0.3 is 11.8 Å². The van der Waals surface area contributed by atoms with Gasteiger partial charge in [-0.1, -0.05) is 30.3 Å². The molecule has 0 spiro atoms. The summed E-state index contributed by atoms with van der Waals surface area (Å²) in [5.41, 5.74) is 3.02. The van der Waals surface area contributed by atoms with Gasteiger partial charge in [0.15, 0.2) is 0 Å². The summed E-state index contributed by atoms with van der Waals surface area (Å²) in [5, 5.41) is 8.50. The van der Waals surface area contributed by atoms with Crippen LogP contribution >= 0.6 is 0 Å². The first-order valence-electron chi connectivity index (χ1n) is 9.46. The molecule has 3 rings (SSSR count). The third-order valence-corrected chi connectivity index (χ3v) is 4.37. The third kappa shape index (κ3) is 5.07. The minimum Gasteiger partial charge on any atom is -0.490 e. The van der Waals surface area contributed by atoms with E-state index >= 15 is 0 Å². The average Bonchev–Trinajstić information content (AvgIpc) is 3.20. The van der Waals surface area contributed by atoms with Crippen molar-refractivity contribution in [2.45, 2.75) is 38.9 Å². The Morgan fingerprint density at radius 3 is 2.82 bits per heavy atom. The highest BCUT2D eigenvalue weighted by Gasteiger charge is 2.19. The van der Waals surface area contributed by atoms with Gasteiger partial charge in [-0.25, -0.2) is 5.43 Å². The average molecular weight is 383 g/mol. The second-order valence-electron chi connectivity index (χ2n) is 6.91.